The smallest absolute Gasteiger partial charge is 0.453 e. The number of likely N-dealkylation sites (N-methyl/N-ethyl adjacent to an activating group) is 1. The van der Waals surface area contributed by atoms with Crippen molar-refractivity contribution in [3.05, 3.63) is 102 Å². The first-order chi connectivity index (χ1) is 17.9. The lowest BCUT2D eigenvalue weighted by Crippen LogP contribution is -2.32. The third kappa shape index (κ3) is 8.35. The molecule has 188 valence electrons. The number of amides is 2. The molecule has 0 aliphatic rings. The zero-order chi connectivity index (χ0) is 26.6. The summed E-state index contributed by atoms with van der Waals surface area (Å²) in [7, 11) is 0.0482. The van der Waals surface area contributed by atoms with Gasteiger partial charge in [0.2, 0.25) is 5.91 Å². The fourth-order valence-electron chi connectivity index (χ4n) is 3.65. The molecule has 0 aliphatic heterocycles. The van der Waals surface area contributed by atoms with E-state index in [4.69, 9.17) is 4.74 Å². The lowest BCUT2D eigenvalue weighted by molar-refractivity contribution is -0.122. The van der Waals surface area contributed by atoms with Crippen LogP contribution in [0.15, 0.2) is 90.5 Å². The van der Waals surface area contributed by atoms with Crippen LogP contribution in [0.2, 0.25) is 6.32 Å². The fourth-order valence-corrected chi connectivity index (χ4v) is 3.65. The van der Waals surface area contributed by atoms with Crippen molar-refractivity contribution < 1.29 is 24.4 Å². The van der Waals surface area contributed by atoms with Crippen LogP contribution < -0.4 is 15.0 Å². The van der Waals surface area contributed by atoms with Crippen LogP contribution in [0.5, 0.6) is 5.75 Å². The van der Waals surface area contributed by atoms with Gasteiger partial charge in [0.25, 0.3) is 5.91 Å². The minimum Gasteiger partial charge on any atom is -0.493 e. The molecular formula is C28H28BN3O5. The second-order valence-corrected chi connectivity index (χ2v) is 8.29. The number of benzene rings is 3. The number of nitrogens with one attached hydrogen (secondary N) is 1. The first kappa shape index (κ1) is 27.2. The van der Waals surface area contributed by atoms with Crippen molar-refractivity contribution in [3.8, 4) is 11.8 Å². The maximum atomic E-state index is 12.8. The Morgan fingerprint density at radius 1 is 1.05 bits per heavy atom. The molecule has 0 saturated heterocycles. The Bertz CT molecular complexity index is 1260. The van der Waals surface area contributed by atoms with E-state index in [0.717, 1.165) is 5.56 Å². The van der Waals surface area contributed by atoms with Crippen molar-refractivity contribution >= 4 is 30.7 Å². The highest BCUT2D eigenvalue weighted by molar-refractivity contribution is 6.41. The molecular weight excluding hydrogens is 469 g/mol. The number of carbonyl (C=O) groups is 2. The van der Waals surface area contributed by atoms with E-state index in [0.29, 0.717) is 17.0 Å². The quantitative estimate of drug-likeness (QED) is 0.212. The van der Waals surface area contributed by atoms with Crippen LogP contribution in [0.4, 0.5) is 5.69 Å². The number of anilines is 1. The summed E-state index contributed by atoms with van der Waals surface area (Å²) in [6.07, 6.45) is 1.51. The van der Waals surface area contributed by atoms with Crippen molar-refractivity contribution in [3.63, 3.8) is 0 Å². The molecule has 3 rings (SSSR count). The van der Waals surface area contributed by atoms with Crippen LogP contribution >= 0.6 is 0 Å². The molecule has 0 bridgehead atoms. The zero-order valence-corrected chi connectivity index (χ0v) is 20.4. The summed E-state index contributed by atoms with van der Waals surface area (Å²) in [6.45, 7) is 0.0863. The predicted molar refractivity (Wildman–Crippen MR) is 142 cm³/mol. The SMILES string of the molecule is CN(C(=O)C(C#N)=Cc1cccc(OCCC(=O)N[C@@H](CB(O)O)c2ccccc2)c1)c1ccccc1. The highest BCUT2D eigenvalue weighted by Crippen LogP contribution is 2.20. The first-order valence-corrected chi connectivity index (χ1v) is 11.8. The molecule has 0 spiro atoms. The first-order valence-electron chi connectivity index (χ1n) is 11.8. The van der Waals surface area contributed by atoms with Crippen molar-refractivity contribution in [1.82, 2.24) is 5.32 Å². The molecule has 3 N–H and O–H groups in total. The average molecular weight is 497 g/mol. The second kappa shape index (κ2) is 13.6. The number of nitriles is 1. The van der Waals surface area contributed by atoms with Gasteiger partial charge in [-0.25, -0.2) is 0 Å². The van der Waals surface area contributed by atoms with Gasteiger partial charge in [0.15, 0.2) is 0 Å². The number of para-hydroxylation sites is 1. The van der Waals surface area contributed by atoms with E-state index >= 15 is 0 Å². The van der Waals surface area contributed by atoms with Crippen molar-refractivity contribution in [1.29, 1.82) is 5.26 Å². The molecule has 0 heterocycles. The number of carbonyl (C=O) groups excluding carboxylic acids is 2. The molecule has 0 radical (unpaired) electrons. The summed E-state index contributed by atoms with van der Waals surface area (Å²) in [6, 6.07) is 26.4. The van der Waals surface area contributed by atoms with Crippen LogP contribution in [-0.2, 0) is 9.59 Å². The molecule has 0 aliphatic carbocycles. The number of rotatable bonds is 11. The number of ether oxygens (including phenoxy) is 1. The van der Waals surface area contributed by atoms with Crippen molar-refractivity contribution in [2.24, 2.45) is 0 Å². The van der Waals surface area contributed by atoms with Gasteiger partial charge in [-0.1, -0.05) is 60.7 Å². The van der Waals surface area contributed by atoms with Gasteiger partial charge in [0, 0.05) is 19.1 Å². The second-order valence-electron chi connectivity index (χ2n) is 8.29. The summed E-state index contributed by atoms with van der Waals surface area (Å²) in [4.78, 5) is 26.7. The lowest BCUT2D eigenvalue weighted by Gasteiger charge is -2.19. The Kier molecular flexibility index (Phi) is 10.0. The Morgan fingerprint density at radius 2 is 1.73 bits per heavy atom. The number of hydrogen-bond donors (Lipinski definition) is 3. The summed E-state index contributed by atoms with van der Waals surface area (Å²) in [5, 5.41) is 31.1. The van der Waals surface area contributed by atoms with Gasteiger partial charge >= 0.3 is 7.12 Å². The Morgan fingerprint density at radius 3 is 2.38 bits per heavy atom. The number of nitrogens with zero attached hydrogens (tertiary/aromatic N) is 2. The van der Waals surface area contributed by atoms with Gasteiger partial charge in [-0.05, 0) is 41.5 Å². The van der Waals surface area contributed by atoms with Gasteiger partial charge in [-0.15, -0.1) is 0 Å². The van der Waals surface area contributed by atoms with Gasteiger partial charge in [0.05, 0.1) is 19.1 Å². The van der Waals surface area contributed by atoms with Gasteiger partial charge in [-0.2, -0.15) is 5.26 Å². The van der Waals surface area contributed by atoms with E-state index in [1.807, 2.05) is 42.5 Å². The highest BCUT2D eigenvalue weighted by Gasteiger charge is 2.21. The molecule has 2 amide bonds. The zero-order valence-electron chi connectivity index (χ0n) is 20.4. The summed E-state index contributed by atoms with van der Waals surface area (Å²) in [5.74, 6) is -0.252. The van der Waals surface area contributed by atoms with Crippen LogP contribution in [0.3, 0.4) is 0 Å². The topological polar surface area (TPSA) is 123 Å². The minimum absolute atomic E-state index is 0.0269. The summed E-state index contributed by atoms with van der Waals surface area (Å²) < 4.78 is 5.71. The van der Waals surface area contributed by atoms with Gasteiger partial charge in [0.1, 0.15) is 17.4 Å². The van der Waals surface area contributed by atoms with Crippen LogP contribution in [-0.4, -0.2) is 42.6 Å². The van der Waals surface area contributed by atoms with E-state index in [2.05, 4.69) is 5.32 Å². The van der Waals surface area contributed by atoms with E-state index in [1.165, 1.54) is 11.0 Å². The molecule has 0 aromatic heterocycles. The van der Waals surface area contributed by atoms with Gasteiger partial charge < -0.3 is 25.0 Å². The molecule has 8 nitrogen and oxygen atoms in total. The Labute approximate surface area is 216 Å². The van der Waals surface area contributed by atoms with Crippen LogP contribution in [0, 0.1) is 11.3 Å². The van der Waals surface area contributed by atoms with Crippen LogP contribution in [0.25, 0.3) is 6.08 Å². The third-order valence-corrected chi connectivity index (χ3v) is 5.55. The van der Waals surface area contributed by atoms with Crippen molar-refractivity contribution in [2.45, 2.75) is 18.8 Å². The molecule has 0 saturated carbocycles. The van der Waals surface area contributed by atoms with E-state index in [9.17, 15) is 24.9 Å². The predicted octanol–water partition coefficient (Wildman–Crippen LogP) is 3.36. The molecule has 3 aromatic rings. The summed E-state index contributed by atoms with van der Waals surface area (Å²) in [5.41, 5.74) is 2.02. The Hall–Kier alpha value is -4.39. The molecule has 37 heavy (non-hydrogen) atoms. The maximum Gasteiger partial charge on any atom is 0.453 e. The normalized spacial score (nSPS) is 11.7. The van der Waals surface area contributed by atoms with E-state index < -0.39 is 19.1 Å². The number of hydrogen-bond acceptors (Lipinski definition) is 6. The fraction of sp³-hybridized carbons (Fsp3) is 0.179. The monoisotopic (exact) mass is 497 g/mol. The standard InChI is InChI=1S/C28H28BN3O5/c1-32(24-12-6-3-7-13-24)28(34)23(20-30)17-21-9-8-14-25(18-21)37-16-15-27(33)31-26(19-29(35)36)22-10-4-2-5-11-22/h2-14,17-18,26,35-36H,15-16,19H2,1H3,(H,31,33)/t26-/m0/s1. The molecule has 3 aromatic carbocycles. The van der Waals surface area contributed by atoms with Crippen LogP contribution in [0.1, 0.15) is 23.6 Å². The van der Waals surface area contributed by atoms with E-state index in [1.54, 1.807) is 55.6 Å². The lowest BCUT2D eigenvalue weighted by atomic mass is 9.79. The molecule has 1 atom stereocenters. The molecule has 0 unspecified atom stereocenters. The van der Waals surface area contributed by atoms with E-state index in [-0.39, 0.29) is 30.8 Å². The molecule has 0 fully saturated rings. The van der Waals surface area contributed by atoms with Gasteiger partial charge in [-0.3, -0.25) is 9.59 Å². The average Bonchev–Trinajstić information content (AvgIpc) is 2.91. The Balaban J connectivity index is 1.59. The summed E-state index contributed by atoms with van der Waals surface area (Å²) >= 11 is 0. The molecule has 9 heteroatoms. The third-order valence-electron chi connectivity index (χ3n) is 5.55. The highest BCUT2D eigenvalue weighted by atomic mass is 16.5. The largest absolute Gasteiger partial charge is 0.493 e. The van der Waals surface area contributed by atoms with Crippen molar-refractivity contribution in [2.75, 3.05) is 18.6 Å². The maximum absolute atomic E-state index is 12.8. The minimum atomic E-state index is -1.56.